The SMILES string of the molecule is Oc1ccc(Cl)cc1C1C2CC3CC(C2)CC1C3. The van der Waals surface area contributed by atoms with Crippen molar-refractivity contribution in [3.8, 4) is 5.75 Å². The highest BCUT2D eigenvalue weighted by Crippen LogP contribution is 2.60. The minimum absolute atomic E-state index is 0.455. The molecule has 4 bridgehead atoms. The lowest BCUT2D eigenvalue weighted by atomic mass is 9.50. The molecule has 1 aromatic carbocycles. The summed E-state index contributed by atoms with van der Waals surface area (Å²) in [6.45, 7) is 0. The summed E-state index contributed by atoms with van der Waals surface area (Å²) < 4.78 is 0. The molecule has 1 N–H and O–H groups in total. The molecule has 4 fully saturated rings. The molecule has 4 aliphatic rings. The summed E-state index contributed by atoms with van der Waals surface area (Å²) in [4.78, 5) is 0. The van der Waals surface area contributed by atoms with Gasteiger partial charge in [-0.05, 0) is 85.5 Å². The van der Waals surface area contributed by atoms with Crippen molar-refractivity contribution in [2.24, 2.45) is 23.7 Å². The van der Waals surface area contributed by atoms with E-state index in [-0.39, 0.29) is 0 Å². The van der Waals surface area contributed by atoms with Crippen LogP contribution in [0.25, 0.3) is 0 Å². The molecular formula is C16H19ClO. The topological polar surface area (TPSA) is 20.2 Å². The van der Waals surface area contributed by atoms with E-state index in [9.17, 15) is 5.11 Å². The molecule has 96 valence electrons. The van der Waals surface area contributed by atoms with Crippen LogP contribution in [0.4, 0.5) is 0 Å². The van der Waals surface area contributed by atoms with Crippen LogP contribution in [0.1, 0.15) is 43.6 Å². The van der Waals surface area contributed by atoms with E-state index in [0.717, 1.165) is 34.3 Å². The van der Waals surface area contributed by atoms with Crippen LogP contribution in [0.2, 0.25) is 5.02 Å². The molecule has 4 saturated carbocycles. The third kappa shape index (κ3) is 1.60. The second-order valence-electron chi connectivity index (χ2n) is 6.66. The first-order chi connectivity index (χ1) is 8.70. The van der Waals surface area contributed by atoms with Crippen LogP contribution in [0.3, 0.4) is 0 Å². The summed E-state index contributed by atoms with van der Waals surface area (Å²) in [5, 5.41) is 10.9. The Balaban J connectivity index is 1.74. The van der Waals surface area contributed by atoms with E-state index in [1.54, 1.807) is 12.1 Å². The summed E-state index contributed by atoms with van der Waals surface area (Å²) in [6.07, 6.45) is 6.99. The standard InChI is InChI=1S/C16H19ClO/c17-13-1-2-15(18)14(8-13)16-11-4-9-3-10(6-11)7-12(16)5-9/h1-2,8-12,16,18H,3-7H2. The van der Waals surface area contributed by atoms with Gasteiger partial charge in [-0.25, -0.2) is 0 Å². The van der Waals surface area contributed by atoms with Gasteiger partial charge in [-0.15, -0.1) is 0 Å². The molecule has 2 heteroatoms. The van der Waals surface area contributed by atoms with Gasteiger partial charge >= 0.3 is 0 Å². The average molecular weight is 263 g/mol. The van der Waals surface area contributed by atoms with Crippen molar-refractivity contribution < 1.29 is 5.11 Å². The molecular weight excluding hydrogens is 244 g/mol. The van der Waals surface area contributed by atoms with Crippen molar-refractivity contribution in [1.29, 1.82) is 0 Å². The number of phenols is 1. The van der Waals surface area contributed by atoms with Crippen LogP contribution >= 0.6 is 11.6 Å². The van der Waals surface area contributed by atoms with E-state index in [4.69, 9.17) is 11.6 Å². The Morgan fingerprint density at radius 2 is 1.56 bits per heavy atom. The maximum Gasteiger partial charge on any atom is 0.119 e. The molecule has 1 aromatic rings. The van der Waals surface area contributed by atoms with Gasteiger partial charge in [-0.2, -0.15) is 0 Å². The molecule has 0 saturated heterocycles. The van der Waals surface area contributed by atoms with Crippen molar-refractivity contribution in [3.63, 3.8) is 0 Å². The number of halogens is 1. The van der Waals surface area contributed by atoms with E-state index in [2.05, 4.69) is 0 Å². The lowest BCUT2D eigenvalue weighted by molar-refractivity contribution is -0.00346. The second kappa shape index (κ2) is 3.90. The Morgan fingerprint density at radius 1 is 0.944 bits per heavy atom. The zero-order chi connectivity index (χ0) is 12.3. The molecule has 0 unspecified atom stereocenters. The monoisotopic (exact) mass is 262 g/mol. The highest BCUT2D eigenvalue weighted by molar-refractivity contribution is 6.30. The van der Waals surface area contributed by atoms with Crippen LogP contribution in [0.5, 0.6) is 5.75 Å². The second-order valence-corrected chi connectivity index (χ2v) is 7.10. The number of hydrogen-bond donors (Lipinski definition) is 1. The number of benzene rings is 1. The van der Waals surface area contributed by atoms with Crippen molar-refractivity contribution in [1.82, 2.24) is 0 Å². The van der Waals surface area contributed by atoms with Crippen molar-refractivity contribution in [2.45, 2.75) is 38.0 Å². The van der Waals surface area contributed by atoms with Crippen molar-refractivity contribution in [3.05, 3.63) is 28.8 Å². The zero-order valence-corrected chi connectivity index (χ0v) is 11.2. The summed E-state index contributed by atoms with van der Waals surface area (Å²) in [5.74, 6) is 4.57. The van der Waals surface area contributed by atoms with E-state index in [1.807, 2.05) is 6.07 Å². The Bertz CT molecular complexity index is 454. The van der Waals surface area contributed by atoms with Crippen LogP contribution in [-0.4, -0.2) is 5.11 Å². The number of hydrogen-bond acceptors (Lipinski definition) is 1. The quantitative estimate of drug-likeness (QED) is 0.785. The van der Waals surface area contributed by atoms with Gasteiger partial charge in [0.25, 0.3) is 0 Å². The molecule has 0 spiro atoms. The third-order valence-electron chi connectivity index (χ3n) is 5.58. The lowest BCUT2D eigenvalue weighted by Crippen LogP contribution is -2.43. The van der Waals surface area contributed by atoms with Gasteiger partial charge in [0.05, 0.1) is 0 Å². The molecule has 0 radical (unpaired) electrons. The largest absolute Gasteiger partial charge is 0.508 e. The predicted molar refractivity (Wildman–Crippen MR) is 72.9 cm³/mol. The first-order valence-electron chi connectivity index (χ1n) is 7.19. The smallest absolute Gasteiger partial charge is 0.119 e. The van der Waals surface area contributed by atoms with Gasteiger partial charge in [-0.3, -0.25) is 0 Å². The lowest BCUT2D eigenvalue weighted by Gasteiger charge is -2.54. The van der Waals surface area contributed by atoms with Crippen LogP contribution < -0.4 is 0 Å². The van der Waals surface area contributed by atoms with Gasteiger partial charge < -0.3 is 5.11 Å². The molecule has 0 aromatic heterocycles. The Hall–Kier alpha value is -0.690. The highest BCUT2D eigenvalue weighted by atomic mass is 35.5. The first-order valence-corrected chi connectivity index (χ1v) is 7.57. The highest BCUT2D eigenvalue weighted by Gasteiger charge is 2.49. The molecule has 5 rings (SSSR count). The van der Waals surface area contributed by atoms with Gasteiger partial charge in [0, 0.05) is 5.02 Å². The molecule has 1 nitrogen and oxygen atoms in total. The van der Waals surface area contributed by atoms with E-state index in [1.165, 1.54) is 32.1 Å². The van der Waals surface area contributed by atoms with Crippen LogP contribution in [0.15, 0.2) is 18.2 Å². The molecule has 0 amide bonds. The molecule has 0 aliphatic heterocycles. The maximum absolute atomic E-state index is 10.2. The molecule has 0 atom stereocenters. The van der Waals surface area contributed by atoms with Crippen molar-refractivity contribution >= 4 is 11.6 Å². The summed E-state index contributed by atoms with van der Waals surface area (Å²) >= 11 is 6.12. The fourth-order valence-corrected chi connectivity index (χ4v) is 5.41. The first kappa shape index (κ1) is 11.2. The fourth-order valence-electron chi connectivity index (χ4n) is 5.23. The van der Waals surface area contributed by atoms with E-state index >= 15 is 0 Å². The number of rotatable bonds is 1. The van der Waals surface area contributed by atoms with Crippen LogP contribution in [0, 0.1) is 23.7 Å². The van der Waals surface area contributed by atoms with E-state index in [0.29, 0.717) is 11.7 Å². The Labute approximate surface area is 113 Å². The predicted octanol–water partition coefficient (Wildman–Crippen LogP) is 4.59. The van der Waals surface area contributed by atoms with Gasteiger partial charge in [0.15, 0.2) is 0 Å². The Kier molecular flexibility index (Phi) is 2.42. The Morgan fingerprint density at radius 3 is 2.17 bits per heavy atom. The molecule has 0 heterocycles. The summed E-state index contributed by atoms with van der Waals surface area (Å²) in [5.41, 5.74) is 1.12. The minimum Gasteiger partial charge on any atom is -0.508 e. The normalized spacial score (nSPS) is 41.3. The maximum atomic E-state index is 10.2. The van der Waals surface area contributed by atoms with E-state index < -0.39 is 0 Å². The number of phenolic OH excluding ortho intramolecular Hbond substituents is 1. The minimum atomic E-state index is 0.455. The molecule has 4 aliphatic carbocycles. The average Bonchev–Trinajstić information content (AvgIpc) is 2.32. The van der Waals surface area contributed by atoms with Crippen molar-refractivity contribution in [2.75, 3.05) is 0 Å². The number of aromatic hydroxyl groups is 1. The van der Waals surface area contributed by atoms with Gasteiger partial charge in [0.2, 0.25) is 0 Å². The molecule has 18 heavy (non-hydrogen) atoms. The van der Waals surface area contributed by atoms with Gasteiger partial charge in [0.1, 0.15) is 5.75 Å². The third-order valence-corrected chi connectivity index (χ3v) is 5.81. The summed E-state index contributed by atoms with van der Waals surface area (Å²) in [7, 11) is 0. The fraction of sp³-hybridized carbons (Fsp3) is 0.625. The van der Waals surface area contributed by atoms with Crippen LogP contribution in [-0.2, 0) is 0 Å². The summed E-state index contributed by atoms with van der Waals surface area (Å²) in [6, 6.07) is 5.56. The van der Waals surface area contributed by atoms with Gasteiger partial charge in [-0.1, -0.05) is 11.6 Å². The zero-order valence-electron chi connectivity index (χ0n) is 10.5.